The molecule has 1 aliphatic heterocycles. The molecule has 0 bridgehead atoms. The van der Waals surface area contributed by atoms with Crippen LogP contribution >= 0.6 is 0 Å². The van der Waals surface area contributed by atoms with Crippen molar-refractivity contribution in [1.29, 1.82) is 0 Å². The fourth-order valence-electron chi connectivity index (χ4n) is 4.69. The van der Waals surface area contributed by atoms with Crippen molar-refractivity contribution >= 4 is 16.9 Å². The molecule has 1 aliphatic carbocycles. The number of aromatic amines is 1. The van der Waals surface area contributed by atoms with Gasteiger partial charge in [0.2, 0.25) is 0 Å². The van der Waals surface area contributed by atoms with Crippen molar-refractivity contribution in [3.63, 3.8) is 0 Å². The average Bonchev–Trinajstić information content (AvgIpc) is 3.14. The Kier molecular flexibility index (Phi) is 3.37. The van der Waals surface area contributed by atoms with Crippen LogP contribution in [0.5, 0.6) is 0 Å². The number of fused-ring (bicyclic) bond motifs is 4. The smallest absolute Gasteiger partial charge is 0.254 e. The Hall–Kier alpha value is -2.62. The number of carbonyl (C=O) groups is 1. The number of hydrogen-bond donors (Lipinski definition) is 1. The molecule has 0 radical (unpaired) electrons. The molecule has 1 fully saturated rings. The van der Waals surface area contributed by atoms with E-state index in [1.54, 1.807) is 6.33 Å². The van der Waals surface area contributed by atoms with Crippen molar-refractivity contribution in [3.8, 4) is 0 Å². The Morgan fingerprint density at radius 1 is 1.16 bits per heavy atom. The minimum atomic E-state index is 0.152. The van der Waals surface area contributed by atoms with Gasteiger partial charge >= 0.3 is 0 Å². The van der Waals surface area contributed by atoms with Crippen molar-refractivity contribution in [2.24, 2.45) is 0 Å². The summed E-state index contributed by atoms with van der Waals surface area (Å²) in [5.74, 6) is 0.635. The number of amides is 1. The number of piperidine rings is 1. The van der Waals surface area contributed by atoms with Crippen molar-refractivity contribution in [3.05, 3.63) is 65.5 Å². The molecule has 1 aromatic heterocycles. The number of carbonyl (C=O) groups excluding carboxylic acids is 1. The molecular formula is C21H21N3O. The number of benzene rings is 2. The quantitative estimate of drug-likeness (QED) is 0.735. The minimum Gasteiger partial charge on any atom is -0.345 e. The normalized spacial score (nSPS) is 22.5. The van der Waals surface area contributed by atoms with Crippen LogP contribution in [-0.2, 0) is 6.42 Å². The van der Waals surface area contributed by atoms with Crippen molar-refractivity contribution in [2.75, 3.05) is 6.54 Å². The molecule has 3 aromatic rings. The molecule has 1 amide bonds. The lowest BCUT2D eigenvalue weighted by molar-refractivity contribution is 0.0547. The van der Waals surface area contributed by atoms with Gasteiger partial charge in [0.15, 0.2) is 0 Å². The van der Waals surface area contributed by atoms with E-state index in [-0.39, 0.29) is 5.91 Å². The maximum Gasteiger partial charge on any atom is 0.254 e. The third-order valence-electron chi connectivity index (χ3n) is 5.87. The van der Waals surface area contributed by atoms with E-state index in [0.29, 0.717) is 12.0 Å². The third-order valence-corrected chi connectivity index (χ3v) is 5.87. The molecule has 5 rings (SSSR count). The minimum absolute atomic E-state index is 0.152. The van der Waals surface area contributed by atoms with Crippen LogP contribution in [-0.4, -0.2) is 33.4 Å². The Morgan fingerprint density at radius 2 is 2.08 bits per heavy atom. The lowest BCUT2D eigenvalue weighted by Crippen LogP contribution is -2.49. The van der Waals surface area contributed by atoms with Gasteiger partial charge in [0.25, 0.3) is 5.91 Å². The standard InChI is InChI=1S/C21H21N3O/c25-21(15-7-9-18-19(12-15)23-13-22-18)24-11-3-6-17-16-5-2-1-4-14(16)8-10-20(17)24/h1-2,4-5,7,9,12-13,17,20H,3,6,8,10-11H2,(H,22,23)/t17-,20-/m0/s1. The van der Waals surface area contributed by atoms with Crippen LogP contribution < -0.4 is 0 Å². The van der Waals surface area contributed by atoms with E-state index in [1.807, 2.05) is 18.2 Å². The van der Waals surface area contributed by atoms with Gasteiger partial charge in [-0.05, 0) is 55.0 Å². The van der Waals surface area contributed by atoms with Crippen molar-refractivity contribution < 1.29 is 4.79 Å². The van der Waals surface area contributed by atoms with Crippen molar-refractivity contribution in [2.45, 2.75) is 37.6 Å². The summed E-state index contributed by atoms with van der Waals surface area (Å²) in [5.41, 5.74) is 5.50. The second-order valence-electron chi connectivity index (χ2n) is 7.19. The van der Waals surface area contributed by atoms with Gasteiger partial charge in [0.1, 0.15) is 0 Å². The van der Waals surface area contributed by atoms with Gasteiger partial charge in [0.05, 0.1) is 17.4 Å². The molecule has 25 heavy (non-hydrogen) atoms. The molecule has 1 N–H and O–H groups in total. The molecule has 4 nitrogen and oxygen atoms in total. The Balaban J connectivity index is 1.48. The molecule has 0 saturated carbocycles. The zero-order chi connectivity index (χ0) is 16.8. The Morgan fingerprint density at radius 3 is 3.04 bits per heavy atom. The zero-order valence-electron chi connectivity index (χ0n) is 14.1. The van der Waals surface area contributed by atoms with Gasteiger partial charge in [-0.25, -0.2) is 4.98 Å². The highest BCUT2D eigenvalue weighted by Gasteiger charge is 2.38. The molecular weight excluding hydrogens is 310 g/mol. The van der Waals surface area contributed by atoms with Crippen LogP contribution in [0, 0.1) is 0 Å². The monoisotopic (exact) mass is 331 g/mol. The summed E-state index contributed by atoms with van der Waals surface area (Å²) in [6.07, 6.45) is 6.07. The molecule has 2 aromatic carbocycles. The van der Waals surface area contributed by atoms with E-state index in [1.165, 1.54) is 17.5 Å². The van der Waals surface area contributed by atoms with Crippen LogP contribution in [0.1, 0.15) is 46.7 Å². The van der Waals surface area contributed by atoms with Crippen LogP contribution in [0.15, 0.2) is 48.8 Å². The number of imidazole rings is 1. The predicted octanol–water partition coefficient (Wildman–Crippen LogP) is 3.90. The topological polar surface area (TPSA) is 49.0 Å². The first-order valence-electron chi connectivity index (χ1n) is 9.13. The van der Waals surface area contributed by atoms with Gasteiger partial charge in [0, 0.05) is 24.1 Å². The van der Waals surface area contributed by atoms with E-state index in [2.05, 4.69) is 39.1 Å². The first-order chi connectivity index (χ1) is 12.3. The summed E-state index contributed by atoms with van der Waals surface area (Å²) < 4.78 is 0. The largest absolute Gasteiger partial charge is 0.345 e. The van der Waals surface area contributed by atoms with E-state index in [0.717, 1.165) is 42.4 Å². The zero-order valence-corrected chi connectivity index (χ0v) is 14.1. The average molecular weight is 331 g/mol. The third kappa shape index (κ3) is 2.36. The molecule has 0 unspecified atom stereocenters. The maximum absolute atomic E-state index is 13.2. The lowest BCUT2D eigenvalue weighted by atomic mass is 9.74. The van der Waals surface area contributed by atoms with Crippen LogP contribution in [0.3, 0.4) is 0 Å². The number of likely N-dealkylation sites (tertiary alicyclic amines) is 1. The molecule has 4 heteroatoms. The highest BCUT2D eigenvalue weighted by Crippen LogP contribution is 2.41. The highest BCUT2D eigenvalue weighted by atomic mass is 16.2. The van der Waals surface area contributed by atoms with Crippen LogP contribution in [0.2, 0.25) is 0 Å². The van der Waals surface area contributed by atoms with Crippen LogP contribution in [0.25, 0.3) is 11.0 Å². The second-order valence-corrected chi connectivity index (χ2v) is 7.19. The molecule has 2 atom stereocenters. The summed E-state index contributed by atoms with van der Waals surface area (Å²) in [5, 5.41) is 0. The fourth-order valence-corrected chi connectivity index (χ4v) is 4.69. The summed E-state index contributed by atoms with van der Waals surface area (Å²) in [4.78, 5) is 22.7. The molecule has 126 valence electrons. The van der Waals surface area contributed by atoms with Gasteiger partial charge in [-0.3, -0.25) is 4.79 Å². The number of hydrogen-bond acceptors (Lipinski definition) is 2. The lowest BCUT2D eigenvalue weighted by Gasteiger charge is -2.45. The Bertz CT molecular complexity index is 945. The number of nitrogens with one attached hydrogen (secondary N) is 1. The molecule has 2 heterocycles. The predicted molar refractivity (Wildman–Crippen MR) is 97.7 cm³/mol. The summed E-state index contributed by atoms with van der Waals surface area (Å²) in [7, 11) is 0. The first kappa shape index (κ1) is 14.7. The van der Waals surface area contributed by atoms with Gasteiger partial charge in [-0.2, -0.15) is 0 Å². The summed E-state index contributed by atoms with van der Waals surface area (Å²) in [6.45, 7) is 0.862. The summed E-state index contributed by atoms with van der Waals surface area (Å²) >= 11 is 0. The number of nitrogens with zero attached hydrogens (tertiary/aromatic N) is 2. The number of rotatable bonds is 1. The SMILES string of the molecule is O=C(c1ccc2[nH]cnc2c1)N1CCC[C@H]2c3ccccc3CC[C@@H]21. The molecule has 0 spiro atoms. The number of aromatic nitrogens is 2. The van der Waals surface area contributed by atoms with Gasteiger partial charge in [-0.1, -0.05) is 24.3 Å². The van der Waals surface area contributed by atoms with Gasteiger partial charge in [-0.15, -0.1) is 0 Å². The fraction of sp³-hybridized carbons (Fsp3) is 0.333. The molecule has 2 aliphatic rings. The van der Waals surface area contributed by atoms with E-state index in [9.17, 15) is 4.79 Å². The first-order valence-corrected chi connectivity index (χ1v) is 9.13. The maximum atomic E-state index is 13.2. The van der Waals surface area contributed by atoms with Crippen molar-refractivity contribution in [1.82, 2.24) is 14.9 Å². The van der Waals surface area contributed by atoms with Crippen LogP contribution in [0.4, 0.5) is 0 Å². The summed E-state index contributed by atoms with van der Waals surface area (Å²) in [6, 6.07) is 14.9. The number of H-pyrrole nitrogens is 1. The van der Waals surface area contributed by atoms with Gasteiger partial charge < -0.3 is 9.88 Å². The van der Waals surface area contributed by atoms with E-state index >= 15 is 0 Å². The van der Waals surface area contributed by atoms with E-state index in [4.69, 9.17) is 0 Å². The Labute approximate surface area is 146 Å². The number of aryl methyl sites for hydroxylation is 1. The second kappa shape index (κ2) is 5.73. The van der Waals surface area contributed by atoms with E-state index < -0.39 is 0 Å². The molecule has 1 saturated heterocycles. The highest BCUT2D eigenvalue weighted by molar-refractivity contribution is 5.97.